The summed E-state index contributed by atoms with van der Waals surface area (Å²) >= 11 is 14.9. The molecule has 0 amide bonds. The number of hydrogen-bond donors (Lipinski definition) is 2. The Morgan fingerprint density at radius 2 is 2.00 bits per heavy atom. The molecule has 0 bridgehead atoms. The van der Waals surface area contributed by atoms with Crippen LogP contribution in [0, 0.1) is 0 Å². The molecular weight excluding hydrogens is 389 g/mol. The van der Waals surface area contributed by atoms with Gasteiger partial charge in [-0.05, 0) is 40.2 Å². The summed E-state index contributed by atoms with van der Waals surface area (Å²) in [6.07, 6.45) is 1.45. The van der Waals surface area contributed by atoms with Crippen molar-refractivity contribution in [1.29, 1.82) is 0 Å². The lowest BCUT2D eigenvalue weighted by Gasteiger charge is -2.12. The maximum Gasteiger partial charge on any atom is 0.266 e. The van der Waals surface area contributed by atoms with E-state index in [9.17, 15) is 8.42 Å². The van der Waals surface area contributed by atoms with Gasteiger partial charge in [-0.2, -0.15) is 0 Å². The number of rotatable bonds is 3. The molecule has 0 unspecified atom stereocenters. The van der Waals surface area contributed by atoms with Crippen LogP contribution in [0.3, 0.4) is 0 Å². The molecule has 1 heterocycles. The lowest BCUT2D eigenvalue weighted by molar-refractivity contribution is 0.601. The molecule has 20 heavy (non-hydrogen) atoms. The van der Waals surface area contributed by atoms with Crippen molar-refractivity contribution < 1.29 is 8.42 Å². The summed E-state index contributed by atoms with van der Waals surface area (Å²) in [5, 5.41) is 0.194. The monoisotopic (exact) mass is 395 g/mol. The Bertz CT molecular complexity index is 745. The van der Waals surface area contributed by atoms with Gasteiger partial charge in [0.25, 0.3) is 10.0 Å². The van der Waals surface area contributed by atoms with E-state index in [1.165, 1.54) is 18.3 Å². The fraction of sp³-hybridized carbons (Fsp3) is 0. The van der Waals surface area contributed by atoms with Crippen LogP contribution in [-0.4, -0.2) is 13.4 Å². The first-order valence-corrected chi connectivity index (χ1v) is 8.22. The van der Waals surface area contributed by atoms with E-state index in [1.807, 2.05) is 0 Å². The maximum atomic E-state index is 12.3. The van der Waals surface area contributed by atoms with Crippen molar-refractivity contribution in [3.63, 3.8) is 0 Å². The lowest BCUT2D eigenvalue weighted by atomic mass is 10.3. The van der Waals surface area contributed by atoms with Crippen molar-refractivity contribution in [3.05, 3.63) is 45.0 Å². The SMILES string of the molecule is Nc1cc(Cl)cc(Cl)c1S(=O)(=O)Nc1ncccc1Br. The fourth-order valence-corrected chi connectivity index (χ4v) is 4.01. The van der Waals surface area contributed by atoms with E-state index >= 15 is 0 Å². The van der Waals surface area contributed by atoms with Crippen molar-refractivity contribution in [2.75, 3.05) is 10.5 Å². The van der Waals surface area contributed by atoms with Gasteiger partial charge in [0.1, 0.15) is 4.90 Å². The summed E-state index contributed by atoms with van der Waals surface area (Å²) in [6.45, 7) is 0. The summed E-state index contributed by atoms with van der Waals surface area (Å²) in [4.78, 5) is 3.68. The van der Waals surface area contributed by atoms with Crippen LogP contribution in [0.5, 0.6) is 0 Å². The maximum absolute atomic E-state index is 12.3. The summed E-state index contributed by atoms with van der Waals surface area (Å²) < 4.78 is 27.5. The second-order valence-electron chi connectivity index (χ2n) is 3.75. The van der Waals surface area contributed by atoms with Gasteiger partial charge in [-0.3, -0.25) is 4.72 Å². The molecule has 2 aromatic rings. The molecule has 0 radical (unpaired) electrons. The van der Waals surface area contributed by atoms with E-state index in [-0.39, 0.29) is 26.4 Å². The second kappa shape index (κ2) is 5.77. The zero-order valence-electron chi connectivity index (χ0n) is 9.77. The Labute approximate surface area is 134 Å². The van der Waals surface area contributed by atoms with Gasteiger partial charge in [0.05, 0.1) is 15.2 Å². The lowest BCUT2D eigenvalue weighted by Crippen LogP contribution is -2.16. The normalized spacial score (nSPS) is 11.3. The molecule has 0 aliphatic heterocycles. The molecule has 106 valence electrons. The third-order valence-corrected chi connectivity index (χ3v) is 5.02. The number of anilines is 2. The standard InChI is InChI=1S/C11H8BrCl2N3O2S/c12-7-2-1-3-16-11(7)17-20(18,19)10-8(14)4-6(13)5-9(10)15/h1-5H,15H2,(H,16,17). The highest BCUT2D eigenvalue weighted by Crippen LogP contribution is 2.33. The van der Waals surface area contributed by atoms with Gasteiger partial charge in [-0.1, -0.05) is 23.2 Å². The predicted octanol–water partition coefficient (Wildman–Crippen LogP) is 3.53. The van der Waals surface area contributed by atoms with Crippen molar-refractivity contribution in [2.45, 2.75) is 4.90 Å². The highest BCUT2D eigenvalue weighted by atomic mass is 79.9. The number of nitrogens with two attached hydrogens (primary N) is 1. The van der Waals surface area contributed by atoms with Gasteiger partial charge in [-0.25, -0.2) is 13.4 Å². The number of hydrogen-bond acceptors (Lipinski definition) is 4. The molecule has 3 N–H and O–H groups in total. The smallest absolute Gasteiger partial charge is 0.266 e. The Hall–Kier alpha value is -1.02. The number of pyridine rings is 1. The van der Waals surface area contributed by atoms with Crippen LogP contribution in [0.15, 0.2) is 39.8 Å². The third kappa shape index (κ3) is 3.17. The molecular formula is C11H8BrCl2N3O2S. The Morgan fingerprint density at radius 3 is 2.60 bits per heavy atom. The molecule has 0 atom stereocenters. The van der Waals surface area contributed by atoms with Gasteiger partial charge < -0.3 is 5.73 Å². The Morgan fingerprint density at radius 1 is 1.30 bits per heavy atom. The third-order valence-electron chi connectivity index (χ3n) is 2.30. The topological polar surface area (TPSA) is 85.1 Å². The zero-order chi connectivity index (χ0) is 14.9. The number of aromatic nitrogens is 1. The highest BCUT2D eigenvalue weighted by Gasteiger charge is 2.23. The molecule has 0 fully saturated rings. The van der Waals surface area contributed by atoms with Gasteiger partial charge in [-0.15, -0.1) is 0 Å². The number of sulfonamides is 1. The highest BCUT2D eigenvalue weighted by molar-refractivity contribution is 9.10. The van der Waals surface area contributed by atoms with Crippen LogP contribution in [0.1, 0.15) is 0 Å². The van der Waals surface area contributed by atoms with E-state index in [1.54, 1.807) is 12.1 Å². The molecule has 0 spiro atoms. The summed E-state index contributed by atoms with van der Waals surface area (Å²) in [6, 6.07) is 5.93. The van der Waals surface area contributed by atoms with Crippen molar-refractivity contribution in [1.82, 2.24) is 4.98 Å². The second-order valence-corrected chi connectivity index (χ2v) is 7.06. The minimum absolute atomic E-state index is 0.0398. The quantitative estimate of drug-likeness (QED) is 0.777. The average Bonchev–Trinajstić information content (AvgIpc) is 2.30. The number of nitrogens with one attached hydrogen (secondary N) is 1. The number of nitrogens with zero attached hydrogens (tertiary/aromatic N) is 1. The average molecular weight is 397 g/mol. The molecule has 1 aromatic heterocycles. The molecule has 0 aliphatic carbocycles. The molecule has 0 saturated carbocycles. The van der Waals surface area contributed by atoms with Crippen molar-refractivity contribution >= 4 is 60.7 Å². The molecule has 1 aromatic carbocycles. The van der Waals surface area contributed by atoms with Gasteiger partial charge >= 0.3 is 0 Å². The van der Waals surface area contributed by atoms with Crippen LogP contribution in [-0.2, 0) is 10.0 Å². The van der Waals surface area contributed by atoms with Crippen LogP contribution in [0.25, 0.3) is 0 Å². The van der Waals surface area contributed by atoms with Crippen LogP contribution in [0.4, 0.5) is 11.5 Å². The van der Waals surface area contributed by atoms with Crippen LogP contribution < -0.4 is 10.5 Å². The summed E-state index contributed by atoms with van der Waals surface area (Å²) in [5.41, 5.74) is 5.64. The first-order chi connectivity index (χ1) is 9.31. The van der Waals surface area contributed by atoms with E-state index in [4.69, 9.17) is 28.9 Å². The van der Waals surface area contributed by atoms with E-state index < -0.39 is 10.0 Å². The Kier molecular flexibility index (Phi) is 4.43. The van der Waals surface area contributed by atoms with Crippen molar-refractivity contribution in [2.24, 2.45) is 0 Å². The first-order valence-electron chi connectivity index (χ1n) is 5.19. The van der Waals surface area contributed by atoms with Crippen LogP contribution in [0.2, 0.25) is 10.0 Å². The number of halogens is 3. The van der Waals surface area contributed by atoms with E-state index in [0.717, 1.165) is 0 Å². The van der Waals surface area contributed by atoms with E-state index in [0.29, 0.717) is 4.47 Å². The predicted molar refractivity (Wildman–Crippen MR) is 83.6 cm³/mol. The largest absolute Gasteiger partial charge is 0.398 e. The van der Waals surface area contributed by atoms with Crippen LogP contribution >= 0.6 is 39.1 Å². The summed E-state index contributed by atoms with van der Waals surface area (Å²) in [5.74, 6) is 0.137. The molecule has 2 rings (SSSR count). The van der Waals surface area contributed by atoms with E-state index in [2.05, 4.69) is 25.6 Å². The zero-order valence-corrected chi connectivity index (χ0v) is 13.7. The van der Waals surface area contributed by atoms with Gasteiger partial charge in [0.15, 0.2) is 5.82 Å². The number of nitrogen functional groups attached to an aromatic ring is 1. The minimum atomic E-state index is -3.97. The summed E-state index contributed by atoms with van der Waals surface area (Å²) in [7, 11) is -3.97. The van der Waals surface area contributed by atoms with Gasteiger partial charge in [0, 0.05) is 11.2 Å². The minimum Gasteiger partial charge on any atom is -0.398 e. The molecule has 0 saturated heterocycles. The Balaban J connectivity index is 2.50. The molecule has 5 nitrogen and oxygen atoms in total. The first kappa shape index (κ1) is 15.4. The number of benzene rings is 1. The molecule has 0 aliphatic rings. The van der Waals surface area contributed by atoms with Gasteiger partial charge in [0.2, 0.25) is 0 Å². The molecule has 9 heteroatoms. The van der Waals surface area contributed by atoms with Crippen molar-refractivity contribution in [3.8, 4) is 0 Å². The fourth-order valence-electron chi connectivity index (χ4n) is 1.50.